The first-order valence-corrected chi connectivity index (χ1v) is 7.20. The fourth-order valence-corrected chi connectivity index (χ4v) is 2.06. The van der Waals surface area contributed by atoms with Gasteiger partial charge in [0.15, 0.2) is 0 Å². The van der Waals surface area contributed by atoms with E-state index in [0.717, 1.165) is 45.6 Å². The van der Waals surface area contributed by atoms with Crippen molar-refractivity contribution < 1.29 is 4.74 Å². The number of hydrogen-bond acceptors (Lipinski definition) is 3. The number of aryl methyl sites for hydroxylation is 2. The Morgan fingerprint density at radius 3 is 2.47 bits per heavy atom. The lowest BCUT2D eigenvalue weighted by atomic mass is 10.0. The fourth-order valence-electron chi connectivity index (χ4n) is 2.06. The number of ether oxygens (including phenoxy) is 1. The molecule has 1 aromatic carbocycles. The van der Waals surface area contributed by atoms with Crippen molar-refractivity contribution in [1.82, 2.24) is 10.6 Å². The van der Waals surface area contributed by atoms with E-state index in [1.807, 2.05) is 0 Å². The van der Waals surface area contributed by atoms with E-state index in [-0.39, 0.29) is 0 Å². The first-order chi connectivity index (χ1) is 9.24. The van der Waals surface area contributed by atoms with Crippen molar-refractivity contribution in [1.29, 1.82) is 0 Å². The van der Waals surface area contributed by atoms with Gasteiger partial charge in [0.25, 0.3) is 0 Å². The fraction of sp³-hybridized carbons (Fsp3) is 0.625. The van der Waals surface area contributed by atoms with Crippen molar-refractivity contribution in [3.05, 3.63) is 34.9 Å². The third-order valence-corrected chi connectivity index (χ3v) is 3.27. The minimum Gasteiger partial charge on any atom is -0.383 e. The third-order valence-electron chi connectivity index (χ3n) is 3.27. The van der Waals surface area contributed by atoms with Gasteiger partial charge in [-0.05, 0) is 57.5 Å². The summed E-state index contributed by atoms with van der Waals surface area (Å²) in [6.45, 7) is 9.27. The molecule has 19 heavy (non-hydrogen) atoms. The van der Waals surface area contributed by atoms with Crippen molar-refractivity contribution in [2.75, 3.05) is 39.9 Å². The standard InChI is InChI=1S/C16H28N2O/c1-14-5-6-15(2)16(13-14)7-10-17-8-4-9-18-11-12-19-3/h5-6,13,17-18H,4,7-12H2,1-3H3. The summed E-state index contributed by atoms with van der Waals surface area (Å²) in [6, 6.07) is 6.69. The molecule has 0 aromatic heterocycles. The number of rotatable bonds is 10. The van der Waals surface area contributed by atoms with Crippen molar-refractivity contribution in [2.45, 2.75) is 26.7 Å². The zero-order chi connectivity index (χ0) is 13.9. The molecule has 0 spiro atoms. The van der Waals surface area contributed by atoms with Crippen LogP contribution in [0.1, 0.15) is 23.1 Å². The first-order valence-electron chi connectivity index (χ1n) is 7.20. The predicted molar refractivity (Wildman–Crippen MR) is 81.9 cm³/mol. The van der Waals surface area contributed by atoms with Gasteiger partial charge >= 0.3 is 0 Å². The maximum Gasteiger partial charge on any atom is 0.0587 e. The highest BCUT2D eigenvalue weighted by molar-refractivity contribution is 5.30. The van der Waals surface area contributed by atoms with Crippen LogP contribution in [0.3, 0.4) is 0 Å². The average molecular weight is 264 g/mol. The highest BCUT2D eigenvalue weighted by Gasteiger charge is 1.98. The van der Waals surface area contributed by atoms with Gasteiger partial charge in [-0.15, -0.1) is 0 Å². The molecule has 1 aromatic rings. The van der Waals surface area contributed by atoms with E-state index in [9.17, 15) is 0 Å². The molecule has 3 heteroatoms. The third kappa shape index (κ3) is 7.31. The Labute approximate surface area is 117 Å². The molecule has 0 radical (unpaired) electrons. The Kier molecular flexibility index (Phi) is 8.47. The molecule has 0 aliphatic rings. The topological polar surface area (TPSA) is 33.3 Å². The minimum absolute atomic E-state index is 0.792. The summed E-state index contributed by atoms with van der Waals surface area (Å²) >= 11 is 0. The zero-order valence-corrected chi connectivity index (χ0v) is 12.6. The highest BCUT2D eigenvalue weighted by atomic mass is 16.5. The summed E-state index contributed by atoms with van der Waals surface area (Å²) in [5.41, 5.74) is 4.21. The molecule has 108 valence electrons. The lowest BCUT2D eigenvalue weighted by Crippen LogP contribution is -2.25. The van der Waals surface area contributed by atoms with Gasteiger partial charge in [-0.3, -0.25) is 0 Å². The smallest absolute Gasteiger partial charge is 0.0587 e. The Bertz CT molecular complexity index is 353. The summed E-state index contributed by atoms with van der Waals surface area (Å²) < 4.78 is 4.98. The molecule has 0 bridgehead atoms. The molecular weight excluding hydrogens is 236 g/mol. The van der Waals surface area contributed by atoms with E-state index in [1.54, 1.807) is 7.11 Å². The lowest BCUT2D eigenvalue weighted by molar-refractivity contribution is 0.199. The van der Waals surface area contributed by atoms with E-state index >= 15 is 0 Å². The molecule has 0 unspecified atom stereocenters. The Morgan fingerprint density at radius 2 is 1.74 bits per heavy atom. The van der Waals surface area contributed by atoms with Gasteiger partial charge in [-0.1, -0.05) is 23.8 Å². The van der Waals surface area contributed by atoms with Crippen molar-refractivity contribution >= 4 is 0 Å². The number of benzene rings is 1. The van der Waals surface area contributed by atoms with E-state index in [0.29, 0.717) is 0 Å². The average Bonchev–Trinajstić information content (AvgIpc) is 2.40. The van der Waals surface area contributed by atoms with Gasteiger partial charge in [0.05, 0.1) is 6.61 Å². The number of methoxy groups -OCH3 is 1. The lowest BCUT2D eigenvalue weighted by Gasteiger charge is -2.09. The SMILES string of the molecule is COCCNCCCNCCc1cc(C)ccc1C. The largest absolute Gasteiger partial charge is 0.383 e. The van der Waals surface area contributed by atoms with Crippen molar-refractivity contribution in [3.63, 3.8) is 0 Å². The van der Waals surface area contributed by atoms with E-state index in [4.69, 9.17) is 4.74 Å². The van der Waals surface area contributed by atoms with Gasteiger partial charge in [0, 0.05) is 13.7 Å². The summed E-state index contributed by atoms with van der Waals surface area (Å²) in [5.74, 6) is 0. The quantitative estimate of drug-likeness (QED) is 0.635. The second-order valence-corrected chi connectivity index (χ2v) is 5.03. The molecule has 0 saturated carbocycles. The van der Waals surface area contributed by atoms with Crippen molar-refractivity contribution in [2.24, 2.45) is 0 Å². The van der Waals surface area contributed by atoms with Crippen LogP contribution < -0.4 is 10.6 Å². The Morgan fingerprint density at radius 1 is 1.00 bits per heavy atom. The molecule has 0 amide bonds. The molecule has 3 nitrogen and oxygen atoms in total. The van der Waals surface area contributed by atoms with Gasteiger partial charge in [0.2, 0.25) is 0 Å². The maximum atomic E-state index is 4.98. The van der Waals surface area contributed by atoms with Crippen LogP contribution >= 0.6 is 0 Å². The molecular formula is C16H28N2O. The summed E-state index contributed by atoms with van der Waals surface area (Å²) in [5, 5.41) is 6.85. The molecule has 0 aliphatic heterocycles. The van der Waals surface area contributed by atoms with Crippen LogP contribution in [0.25, 0.3) is 0 Å². The van der Waals surface area contributed by atoms with Crippen LogP contribution in [0.15, 0.2) is 18.2 Å². The van der Waals surface area contributed by atoms with Gasteiger partial charge < -0.3 is 15.4 Å². The van der Waals surface area contributed by atoms with Crippen LogP contribution in [-0.4, -0.2) is 39.9 Å². The van der Waals surface area contributed by atoms with Gasteiger partial charge in [0.1, 0.15) is 0 Å². The molecule has 0 fully saturated rings. The molecule has 0 atom stereocenters. The predicted octanol–water partition coefficient (Wildman–Crippen LogP) is 2.06. The van der Waals surface area contributed by atoms with E-state index in [2.05, 4.69) is 42.7 Å². The Balaban J connectivity index is 2.03. The van der Waals surface area contributed by atoms with Crippen LogP contribution in [0.5, 0.6) is 0 Å². The van der Waals surface area contributed by atoms with Crippen LogP contribution in [0.2, 0.25) is 0 Å². The summed E-state index contributed by atoms with van der Waals surface area (Å²) in [7, 11) is 1.73. The maximum absolute atomic E-state index is 4.98. The van der Waals surface area contributed by atoms with Crippen LogP contribution in [0.4, 0.5) is 0 Å². The Hall–Kier alpha value is -0.900. The number of hydrogen-bond donors (Lipinski definition) is 2. The van der Waals surface area contributed by atoms with Gasteiger partial charge in [-0.25, -0.2) is 0 Å². The summed E-state index contributed by atoms with van der Waals surface area (Å²) in [6.07, 6.45) is 2.28. The molecule has 0 aliphatic carbocycles. The molecule has 0 heterocycles. The van der Waals surface area contributed by atoms with Crippen LogP contribution in [-0.2, 0) is 11.2 Å². The minimum atomic E-state index is 0.792. The van der Waals surface area contributed by atoms with Crippen LogP contribution in [0, 0.1) is 13.8 Å². The highest BCUT2D eigenvalue weighted by Crippen LogP contribution is 2.10. The second-order valence-electron chi connectivity index (χ2n) is 5.03. The molecule has 0 saturated heterocycles. The van der Waals surface area contributed by atoms with Crippen molar-refractivity contribution in [3.8, 4) is 0 Å². The number of nitrogens with one attached hydrogen (secondary N) is 2. The normalized spacial score (nSPS) is 10.9. The molecule has 2 N–H and O–H groups in total. The monoisotopic (exact) mass is 264 g/mol. The molecule has 1 rings (SSSR count). The first kappa shape index (κ1) is 16.2. The summed E-state index contributed by atoms with van der Waals surface area (Å²) in [4.78, 5) is 0. The van der Waals surface area contributed by atoms with E-state index in [1.165, 1.54) is 16.7 Å². The zero-order valence-electron chi connectivity index (χ0n) is 12.6. The van der Waals surface area contributed by atoms with E-state index < -0.39 is 0 Å². The second kappa shape index (κ2) is 9.96. The van der Waals surface area contributed by atoms with Gasteiger partial charge in [-0.2, -0.15) is 0 Å².